The lowest BCUT2D eigenvalue weighted by molar-refractivity contribution is -0.743. The second-order valence-electron chi connectivity index (χ2n) is 9.31. The summed E-state index contributed by atoms with van der Waals surface area (Å²) >= 11 is 0. The summed E-state index contributed by atoms with van der Waals surface area (Å²) in [5.74, 6) is 0.876. The Morgan fingerprint density at radius 3 is 2.70 bits per heavy atom. The van der Waals surface area contributed by atoms with Gasteiger partial charge in [0, 0.05) is 44.9 Å². The number of aryl methyl sites for hydroxylation is 1. The summed E-state index contributed by atoms with van der Waals surface area (Å²) in [5.41, 5.74) is 4.07. The Kier molecular flexibility index (Phi) is 5.80. The fraction of sp³-hybridized carbons (Fsp3) is 0.458. The number of aromatic nitrogens is 4. The molecule has 1 aromatic carbocycles. The molecule has 0 spiro atoms. The van der Waals surface area contributed by atoms with Crippen LogP contribution in [0.2, 0.25) is 0 Å². The first kappa shape index (κ1) is 21.5. The van der Waals surface area contributed by atoms with Crippen LogP contribution < -0.4 is 5.32 Å². The van der Waals surface area contributed by atoms with E-state index in [1.807, 2.05) is 30.5 Å². The van der Waals surface area contributed by atoms with Crippen molar-refractivity contribution < 1.29 is 4.87 Å². The minimum atomic E-state index is -0.0906. The maximum absolute atomic E-state index is 13.7. The zero-order valence-electron chi connectivity index (χ0n) is 19.4. The molecule has 33 heavy (non-hydrogen) atoms. The van der Waals surface area contributed by atoms with Gasteiger partial charge in [0.25, 0.3) is 0 Å². The van der Waals surface area contributed by atoms with E-state index >= 15 is 0 Å². The normalized spacial score (nSPS) is 23.2. The number of piperidine rings is 1. The highest BCUT2D eigenvalue weighted by Crippen LogP contribution is 2.33. The van der Waals surface area contributed by atoms with Crippen molar-refractivity contribution in [1.82, 2.24) is 29.7 Å². The third-order valence-corrected chi connectivity index (χ3v) is 6.78. The lowest BCUT2D eigenvalue weighted by Crippen LogP contribution is -2.51. The van der Waals surface area contributed by atoms with Crippen LogP contribution in [-0.4, -0.2) is 67.3 Å². The van der Waals surface area contributed by atoms with Crippen LogP contribution in [0.5, 0.6) is 0 Å². The zero-order chi connectivity index (χ0) is 22.9. The van der Waals surface area contributed by atoms with Gasteiger partial charge in [0.2, 0.25) is 12.0 Å². The molecule has 2 aliphatic heterocycles. The number of rotatable bonds is 5. The minimum Gasteiger partial charge on any atom is -0.321 e. The van der Waals surface area contributed by atoms with E-state index in [2.05, 4.69) is 58.5 Å². The van der Waals surface area contributed by atoms with Gasteiger partial charge in [-0.1, -0.05) is 37.3 Å². The Morgan fingerprint density at radius 1 is 1.12 bits per heavy atom. The van der Waals surface area contributed by atoms with E-state index in [-0.39, 0.29) is 17.9 Å². The predicted octanol–water partition coefficient (Wildman–Crippen LogP) is 3.05. The summed E-state index contributed by atoms with van der Waals surface area (Å²) < 4.78 is 1.73. The molecule has 2 aromatic heterocycles. The molecule has 2 aliphatic rings. The first-order chi connectivity index (χ1) is 16.0. The molecule has 9 nitrogen and oxygen atoms in total. The summed E-state index contributed by atoms with van der Waals surface area (Å²) in [7, 11) is 4.00. The number of nitroso groups, excluding NO2 is 1. The van der Waals surface area contributed by atoms with E-state index in [1.165, 1.54) is 10.4 Å². The molecule has 1 saturated heterocycles. The van der Waals surface area contributed by atoms with Gasteiger partial charge in [-0.05, 0) is 18.2 Å². The van der Waals surface area contributed by atoms with E-state index in [9.17, 15) is 4.91 Å². The fourth-order valence-corrected chi connectivity index (χ4v) is 5.05. The standard InChI is InChI=1S/C24H31N8O/c1-17-13-31(16-22-20(17)12-25-24(28-22)27-19-11-26-30(3)14-19)32(33)23-9-10-29(2)15-21(23)18-7-5-4-6-8-18/h4-8,11-12,14,17,21,23H,9-10,13,15-16H2,1-3H3,(H,25,27,28)/q+1/t17?,21-,23+/m1/s1. The van der Waals surface area contributed by atoms with Gasteiger partial charge in [-0.15, -0.1) is 5.01 Å². The third kappa shape index (κ3) is 4.45. The van der Waals surface area contributed by atoms with Crippen molar-refractivity contribution in [3.05, 3.63) is 70.7 Å². The smallest absolute Gasteiger partial charge is 0.243 e. The molecule has 9 heteroatoms. The first-order valence-electron chi connectivity index (χ1n) is 11.5. The topological polar surface area (TPSA) is 82.2 Å². The highest BCUT2D eigenvalue weighted by molar-refractivity contribution is 5.50. The van der Waals surface area contributed by atoms with Gasteiger partial charge >= 0.3 is 0 Å². The molecule has 3 atom stereocenters. The van der Waals surface area contributed by atoms with Crippen molar-refractivity contribution in [2.75, 3.05) is 32.0 Å². The summed E-state index contributed by atoms with van der Waals surface area (Å²) in [6.45, 7) is 5.10. The fourth-order valence-electron chi connectivity index (χ4n) is 5.05. The average Bonchev–Trinajstić information content (AvgIpc) is 3.23. The molecule has 0 saturated carbocycles. The van der Waals surface area contributed by atoms with E-state index in [4.69, 9.17) is 4.98 Å². The van der Waals surface area contributed by atoms with Gasteiger partial charge in [-0.2, -0.15) is 5.10 Å². The van der Waals surface area contributed by atoms with Crippen LogP contribution in [0.15, 0.2) is 48.9 Å². The summed E-state index contributed by atoms with van der Waals surface area (Å²) in [6.07, 6.45) is 6.34. The van der Waals surface area contributed by atoms with Crippen LogP contribution in [0.3, 0.4) is 0 Å². The molecule has 0 amide bonds. The SMILES string of the molecule is CC1CN([N+](=O)[C@H]2CCN(C)C[C@@H]2c2ccccc2)Cc2nc(Nc3cnn(C)c3)ncc21. The number of hydrogen-bond donors (Lipinski definition) is 1. The number of hydrogen-bond acceptors (Lipinski definition) is 6. The van der Waals surface area contributed by atoms with Crippen LogP contribution in [0, 0.1) is 4.91 Å². The number of nitrogens with zero attached hydrogens (tertiary/aromatic N) is 7. The van der Waals surface area contributed by atoms with Crippen LogP contribution in [0.4, 0.5) is 11.6 Å². The Hall–Kier alpha value is -3.33. The molecule has 3 aromatic rings. The van der Waals surface area contributed by atoms with Crippen molar-refractivity contribution in [3.8, 4) is 0 Å². The monoisotopic (exact) mass is 447 g/mol. The Labute approximate surface area is 194 Å². The number of anilines is 2. The second-order valence-corrected chi connectivity index (χ2v) is 9.31. The van der Waals surface area contributed by atoms with Crippen LogP contribution in [-0.2, 0) is 13.6 Å². The largest absolute Gasteiger partial charge is 0.321 e. The quantitative estimate of drug-likeness (QED) is 0.602. The predicted molar refractivity (Wildman–Crippen MR) is 126 cm³/mol. The van der Waals surface area contributed by atoms with Gasteiger partial charge in [0.15, 0.2) is 0 Å². The summed E-state index contributed by atoms with van der Waals surface area (Å²) in [4.78, 5) is 26.6. The molecule has 0 aliphatic carbocycles. The highest BCUT2D eigenvalue weighted by atomic mass is 16.3. The second kappa shape index (κ2) is 8.90. The zero-order valence-corrected chi connectivity index (χ0v) is 19.4. The van der Waals surface area contributed by atoms with E-state index < -0.39 is 0 Å². The number of likely N-dealkylation sites (tertiary alicyclic amines) is 1. The van der Waals surface area contributed by atoms with Gasteiger partial charge < -0.3 is 10.2 Å². The Balaban J connectivity index is 1.37. The van der Waals surface area contributed by atoms with Crippen LogP contribution >= 0.6 is 0 Å². The molecule has 0 radical (unpaired) electrons. The minimum absolute atomic E-state index is 0.0906. The molecule has 0 bridgehead atoms. The lowest BCUT2D eigenvalue weighted by atomic mass is 9.86. The Bertz CT molecular complexity index is 1130. The molecule has 172 valence electrons. The first-order valence-corrected chi connectivity index (χ1v) is 11.5. The van der Waals surface area contributed by atoms with Crippen molar-refractivity contribution in [3.63, 3.8) is 0 Å². The summed E-state index contributed by atoms with van der Waals surface area (Å²) in [5, 5.41) is 9.32. The summed E-state index contributed by atoms with van der Waals surface area (Å²) in [6, 6.07) is 10.3. The molecular weight excluding hydrogens is 416 g/mol. The van der Waals surface area contributed by atoms with Gasteiger partial charge in [0.05, 0.1) is 34.9 Å². The van der Waals surface area contributed by atoms with Crippen LogP contribution in [0.25, 0.3) is 0 Å². The average molecular weight is 448 g/mol. The maximum atomic E-state index is 13.7. The molecule has 1 N–H and O–H groups in total. The van der Waals surface area contributed by atoms with Crippen molar-refractivity contribution >= 4 is 11.6 Å². The Morgan fingerprint density at radius 2 is 1.94 bits per heavy atom. The molecule has 1 fully saturated rings. The molecular formula is C24H31N8O+. The molecule has 5 rings (SSSR count). The number of hydrazine groups is 1. The van der Waals surface area contributed by atoms with E-state index in [0.29, 0.717) is 19.0 Å². The van der Waals surface area contributed by atoms with E-state index in [1.54, 1.807) is 10.9 Å². The molecule has 4 heterocycles. The molecule has 1 unspecified atom stereocenters. The maximum Gasteiger partial charge on any atom is 0.243 e. The van der Waals surface area contributed by atoms with E-state index in [0.717, 1.165) is 36.5 Å². The van der Waals surface area contributed by atoms with Crippen molar-refractivity contribution in [2.24, 2.45) is 7.05 Å². The number of likely N-dealkylation sites (N-methyl/N-ethyl adjacent to an activating group) is 1. The van der Waals surface area contributed by atoms with Crippen molar-refractivity contribution in [1.29, 1.82) is 0 Å². The van der Waals surface area contributed by atoms with Gasteiger partial charge in [-0.3, -0.25) is 4.68 Å². The highest BCUT2D eigenvalue weighted by Gasteiger charge is 2.44. The van der Waals surface area contributed by atoms with Gasteiger partial charge in [0.1, 0.15) is 11.4 Å². The lowest BCUT2D eigenvalue weighted by Gasteiger charge is -2.35. The van der Waals surface area contributed by atoms with Gasteiger partial charge in [-0.25, -0.2) is 9.97 Å². The third-order valence-electron chi connectivity index (χ3n) is 6.78. The van der Waals surface area contributed by atoms with Crippen LogP contribution in [0.1, 0.15) is 42.0 Å². The van der Waals surface area contributed by atoms with Crippen molar-refractivity contribution in [2.45, 2.75) is 37.8 Å². The number of nitrogens with one attached hydrogen (secondary N) is 1. The number of fused-ring (bicyclic) bond motifs is 1. The number of benzene rings is 1.